The van der Waals surface area contributed by atoms with Crippen LogP contribution in [0.1, 0.15) is 31.7 Å². The predicted molar refractivity (Wildman–Crippen MR) is 82.3 cm³/mol. The van der Waals surface area contributed by atoms with Crippen molar-refractivity contribution in [3.05, 3.63) is 59.4 Å². The third kappa shape index (κ3) is 3.50. The van der Waals surface area contributed by atoms with Crippen LogP contribution in [0.3, 0.4) is 0 Å². The van der Waals surface area contributed by atoms with Crippen LogP contribution in [0.2, 0.25) is 0 Å². The molecule has 2 aromatic rings. The molecule has 0 aromatic heterocycles. The van der Waals surface area contributed by atoms with Crippen molar-refractivity contribution in [2.24, 2.45) is 0 Å². The Bertz CT molecular complexity index is 822. The molecule has 0 aliphatic carbocycles. The molecule has 0 aliphatic rings. The molecule has 7 heteroatoms. The molecule has 0 radical (unpaired) electrons. The molecular formula is C16H16F3NO2S. The zero-order valence-corrected chi connectivity index (χ0v) is 13.4. The lowest BCUT2D eigenvalue weighted by Crippen LogP contribution is -2.17. The van der Waals surface area contributed by atoms with Crippen molar-refractivity contribution in [1.29, 1.82) is 0 Å². The molecule has 0 heterocycles. The maximum Gasteiger partial charge on any atom is 0.264 e. The zero-order chi connectivity index (χ0) is 17.2. The van der Waals surface area contributed by atoms with Crippen LogP contribution in [0.15, 0.2) is 41.3 Å². The quantitative estimate of drug-likeness (QED) is 0.817. The highest BCUT2D eigenvalue weighted by Crippen LogP contribution is 2.29. The van der Waals surface area contributed by atoms with E-state index in [0.717, 1.165) is 12.0 Å². The van der Waals surface area contributed by atoms with E-state index in [9.17, 15) is 21.6 Å². The number of halogens is 3. The summed E-state index contributed by atoms with van der Waals surface area (Å²) in [4.78, 5) is -0.935. The van der Waals surface area contributed by atoms with Gasteiger partial charge in [0, 0.05) is 0 Å². The van der Waals surface area contributed by atoms with Crippen LogP contribution in [0.4, 0.5) is 18.9 Å². The topological polar surface area (TPSA) is 46.2 Å². The van der Waals surface area contributed by atoms with Gasteiger partial charge >= 0.3 is 0 Å². The monoisotopic (exact) mass is 343 g/mol. The zero-order valence-electron chi connectivity index (χ0n) is 12.6. The highest BCUT2D eigenvalue weighted by molar-refractivity contribution is 7.92. The minimum absolute atomic E-state index is 0.0729. The van der Waals surface area contributed by atoms with Gasteiger partial charge in [-0.2, -0.15) is 0 Å². The average Bonchev–Trinajstić information content (AvgIpc) is 2.51. The van der Waals surface area contributed by atoms with Gasteiger partial charge in [0.05, 0.1) is 5.69 Å². The second-order valence-electron chi connectivity index (χ2n) is 5.18. The Morgan fingerprint density at radius 3 is 2.35 bits per heavy atom. The minimum Gasteiger partial charge on any atom is -0.279 e. The van der Waals surface area contributed by atoms with Crippen molar-refractivity contribution in [1.82, 2.24) is 0 Å². The molecule has 0 fully saturated rings. The summed E-state index contributed by atoms with van der Waals surface area (Å²) in [6, 6.07) is 7.96. The van der Waals surface area contributed by atoms with Crippen LogP contribution in [0.25, 0.3) is 0 Å². The highest BCUT2D eigenvalue weighted by atomic mass is 32.2. The van der Waals surface area contributed by atoms with Gasteiger partial charge in [0.2, 0.25) is 0 Å². The lowest BCUT2D eigenvalue weighted by atomic mass is 9.97. The van der Waals surface area contributed by atoms with Gasteiger partial charge in [0.15, 0.2) is 17.5 Å². The molecule has 2 aromatic carbocycles. The second-order valence-corrected chi connectivity index (χ2v) is 6.83. The maximum atomic E-state index is 13.8. The van der Waals surface area contributed by atoms with E-state index in [2.05, 4.69) is 4.72 Å². The standard InChI is InChI=1S/C16H16F3NO2S/c1-3-10(2)11-6-4-5-7-13(11)20-23(21,22)14-9-8-12(17)15(18)16(14)19/h4-10,20H,3H2,1-2H3/t10-/m0/s1. The molecule has 23 heavy (non-hydrogen) atoms. The molecule has 124 valence electrons. The molecule has 2 rings (SSSR count). The van der Waals surface area contributed by atoms with Crippen LogP contribution in [0.5, 0.6) is 0 Å². The molecule has 1 N–H and O–H groups in total. The van der Waals surface area contributed by atoms with Crippen LogP contribution in [0, 0.1) is 17.5 Å². The highest BCUT2D eigenvalue weighted by Gasteiger charge is 2.25. The summed E-state index contributed by atoms with van der Waals surface area (Å²) in [5.41, 5.74) is 1.02. The largest absolute Gasteiger partial charge is 0.279 e. The molecular weight excluding hydrogens is 327 g/mol. The van der Waals surface area contributed by atoms with E-state index < -0.39 is 32.4 Å². The molecule has 3 nitrogen and oxygen atoms in total. The Hall–Kier alpha value is -2.02. The summed E-state index contributed by atoms with van der Waals surface area (Å²) in [5, 5.41) is 0. The van der Waals surface area contributed by atoms with Crippen LogP contribution in [-0.4, -0.2) is 8.42 Å². The predicted octanol–water partition coefficient (Wildman–Crippen LogP) is 4.42. The van der Waals surface area contributed by atoms with Crippen LogP contribution in [-0.2, 0) is 10.0 Å². The Morgan fingerprint density at radius 1 is 1.04 bits per heavy atom. The first-order chi connectivity index (χ1) is 10.8. The first-order valence-electron chi connectivity index (χ1n) is 7.03. The molecule has 0 unspecified atom stereocenters. The van der Waals surface area contributed by atoms with Gasteiger partial charge in [-0.1, -0.05) is 32.0 Å². The first kappa shape index (κ1) is 17.3. The Kier molecular flexibility index (Phi) is 4.99. The summed E-state index contributed by atoms with van der Waals surface area (Å²) in [6.07, 6.45) is 0.776. The number of hydrogen-bond acceptors (Lipinski definition) is 2. The SMILES string of the molecule is CC[C@H](C)c1ccccc1NS(=O)(=O)c1ccc(F)c(F)c1F. The molecule has 0 amide bonds. The van der Waals surface area contributed by atoms with Crippen molar-refractivity contribution in [2.75, 3.05) is 4.72 Å². The first-order valence-corrected chi connectivity index (χ1v) is 8.51. The number of hydrogen-bond donors (Lipinski definition) is 1. The van der Waals surface area contributed by atoms with Crippen molar-refractivity contribution in [3.8, 4) is 0 Å². The van der Waals surface area contributed by atoms with Crippen LogP contribution >= 0.6 is 0 Å². The molecule has 0 aliphatic heterocycles. The summed E-state index contributed by atoms with van der Waals surface area (Å²) < 4.78 is 66.9. The van der Waals surface area contributed by atoms with Gasteiger partial charge in [-0.25, -0.2) is 21.6 Å². The fourth-order valence-corrected chi connectivity index (χ4v) is 3.31. The normalized spacial score (nSPS) is 12.9. The van der Waals surface area contributed by atoms with E-state index in [1.165, 1.54) is 6.07 Å². The summed E-state index contributed by atoms with van der Waals surface area (Å²) in [6.45, 7) is 3.87. The summed E-state index contributed by atoms with van der Waals surface area (Å²) in [7, 11) is -4.38. The third-order valence-electron chi connectivity index (χ3n) is 3.64. The number of anilines is 1. The van der Waals surface area contributed by atoms with E-state index in [1.807, 2.05) is 13.8 Å². The van der Waals surface area contributed by atoms with Crippen LogP contribution < -0.4 is 4.72 Å². The van der Waals surface area contributed by atoms with Crippen molar-refractivity contribution >= 4 is 15.7 Å². The Balaban J connectivity index is 2.46. The third-order valence-corrected chi connectivity index (χ3v) is 5.02. The average molecular weight is 343 g/mol. The number of benzene rings is 2. The van der Waals surface area contributed by atoms with E-state index >= 15 is 0 Å². The number of nitrogens with one attached hydrogen (secondary N) is 1. The molecule has 0 saturated heterocycles. The Morgan fingerprint density at radius 2 is 1.70 bits per heavy atom. The maximum absolute atomic E-state index is 13.8. The fraction of sp³-hybridized carbons (Fsp3) is 0.250. The molecule has 0 saturated carbocycles. The van der Waals surface area contributed by atoms with E-state index in [1.54, 1.807) is 18.2 Å². The molecule has 0 bridgehead atoms. The van der Waals surface area contributed by atoms with E-state index in [4.69, 9.17) is 0 Å². The van der Waals surface area contributed by atoms with E-state index in [0.29, 0.717) is 12.1 Å². The van der Waals surface area contributed by atoms with Gasteiger partial charge in [0.1, 0.15) is 4.90 Å². The lowest BCUT2D eigenvalue weighted by molar-refractivity contribution is 0.432. The van der Waals surface area contributed by atoms with Gasteiger partial charge < -0.3 is 0 Å². The second kappa shape index (κ2) is 6.62. The van der Waals surface area contributed by atoms with Gasteiger partial charge in [-0.05, 0) is 36.1 Å². The number of sulfonamides is 1. The van der Waals surface area contributed by atoms with Crippen molar-refractivity contribution in [2.45, 2.75) is 31.1 Å². The van der Waals surface area contributed by atoms with Gasteiger partial charge in [-0.3, -0.25) is 4.72 Å². The van der Waals surface area contributed by atoms with Crippen molar-refractivity contribution < 1.29 is 21.6 Å². The number of rotatable bonds is 5. The molecule has 0 spiro atoms. The molecule has 1 atom stereocenters. The minimum atomic E-state index is -4.38. The fourth-order valence-electron chi connectivity index (χ4n) is 2.16. The summed E-state index contributed by atoms with van der Waals surface area (Å²) >= 11 is 0. The van der Waals surface area contributed by atoms with Crippen molar-refractivity contribution in [3.63, 3.8) is 0 Å². The van der Waals surface area contributed by atoms with Gasteiger partial charge in [-0.15, -0.1) is 0 Å². The van der Waals surface area contributed by atoms with E-state index in [-0.39, 0.29) is 11.6 Å². The van der Waals surface area contributed by atoms with Gasteiger partial charge in [0.25, 0.3) is 10.0 Å². The summed E-state index contributed by atoms with van der Waals surface area (Å²) in [5.74, 6) is -4.92. The smallest absolute Gasteiger partial charge is 0.264 e. The lowest BCUT2D eigenvalue weighted by Gasteiger charge is -2.16. The number of para-hydroxylation sites is 1. The Labute approximate surface area is 133 Å².